The lowest BCUT2D eigenvalue weighted by molar-refractivity contribution is -0.384. The van der Waals surface area contributed by atoms with Crippen molar-refractivity contribution in [3.05, 3.63) is 95.0 Å². The van der Waals surface area contributed by atoms with Gasteiger partial charge in [0.15, 0.2) is 7.14 Å². The summed E-state index contributed by atoms with van der Waals surface area (Å²) in [4.78, 5) is 10.4. The Hall–Kier alpha value is -2.71. The second-order valence-electron chi connectivity index (χ2n) is 5.05. The number of nitro benzene ring substituents is 1. The van der Waals surface area contributed by atoms with Gasteiger partial charge in [-0.05, 0) is 12.1 Å². The van der Waals surface area contributed by atoms with Crippen molar-refractivity contribution in [2.24, 2.45) is 0 Å². The van der Waals surface area contributed by atoms with Gasteiger partial charge in [-0.1, -0.05) is 60.7 Å². The minimum absolute atomic E-state index is 0.0126. The first-order valence-electron chi connectivity index (χ1n) is 7.08. The van der Waals surface area contributed by atoms with Crippen LogP contribution < -0.4 is 15.9 Å². The molecular weight excluding hydrogens is 309 g/mol. The Morgan fingerprint density at radius 1 is 0.652 bits per heavy atom. The lowest BCUT2D eigenvalue weighted by atomic mass is 10.3. The second-order valence-corrected chi connectivity index (χ2v) is 7.82. The first-order chi connectivity index (χ1) is 11.1. The molecule has 0 atom stereocenters. The molecule has 0 bridgehead atoms. The molecule has 5 heteroatoms. The molecule has 4 nitrogen and oxygen atoms in total. The van der Waals surface area contributed by atoms with Crippen molar-refractivity contribution in [3.63, 3.8) is 0 Å². The van der Waals surface area contributed by atoms with E-state index in [1.165, 1.54) is 12.1 Å². The van der Waals surface area contributed by atoms with Gasteiger partial charge in [0, 0.05) is 28.0 Å². The summed E-state index contributed by atoms with van der Waals surface area (Å²) in [7, 11) is -3.05. The molecule has 0 radical (unpaired) electrons. The van der Waals surface area contributed by atoms with E-state index in [-0.39, 0.29) is 5.69 Å². The SMILES string of the molecule is O=[N+]([O-])c1ccc(P(=O)(c2ccccc2)c2ccccc2)cc1. The van der Waals surface area contributed by atoms with Gasteiger partial charge in [0.05, 0.1) is 4.92 Å². The molecule has 0 saturated heterocycles. The van der Waals surface area contributed by atoms with Crippen molar-refractivity contribution < 1.29 is 9.49 Å². The predicted molar refractivity (Wildman–Crippen MR) is 92.5 cm³/mol. The summed E-state index contributed by atoms with van der Waals surface area (Å²) in [5.74, 6) is 0. The number of hydrogen-bond donors (Lipinski definition) is 0. The van der Waals surface area contributed by atoms with Gasteiger partial charge in [0.2, 0.25) is 0 Å². The molecule has 3 rings (SSSR count). The summed E-state index contributed by atoms with van der Waals surface area (Å²) in [5, 5.41) is 12.8. The Kier molecular flexibility index (Phi) is 4.09. The maximum Gasteiger partial charge on any atom is 0.269 e. The van der Waals surface area contributed by atoms with E-state index in [1.807, 2.05) is 60.7 Å². The smallest absolute Gasteiger partial charge is 0.269 e. The summed E-state index contributed by atoms with van der Waals surface area (Å²) >= 11 is 0. The van der Waals surface area contributed by atoms with Crippen LogP contribution in [0.15, 0.2) is 84.9 Å². The third kappa shape index (κ3) is 2.81. The van der Waals surface area contributed by atoms with Crippen LogP contribution in [0.5, 0.6) is 0 Å². The maximum atomic E-state index is 13.9. The van der Waals surface area contributed by atoms with Gasteiger partial charge in [-0.2, -0.15) is 0 Å². The molecular formula is C18H14NO3P. The van der Waals surface area contributed by atoms with Crippen molar-refractivity contribution in [2.45, 2.75) is 0 Å². The molecule has 0 N–H and O–H groups in total. The fourth-order valence-electron chi connectivity index (χ4n) is 2.51. The van der Waals surface area contributed by atoms with Crippen LogP contribution in [0.3, 0.4) is 0 Å². The van der Waals surface area contributed by atoms with Crippen molar-refractivity contribution in [1.82, 2.24) is 0 Å². The van der Waals surface area contributed by atoms with Crippen LogP contribution >= 0.6 is 7.14 Å². The zero-order valence-electron chi connectivity index (χ0n) is 12.2. The topological polar surface area (TPSA) is 60.2 Å². The third-order valence-electron chi connectivity index (χ3n) is 3.66. The zero-order chi connectivity index (χ0) is 16.3. The Morgan fingerprint density at radius 3 is 1.43 bits per heavy atom. The van der Waals surface area contributed by atoms with Gasteiger partial charge in [0.25, 0.3) is 5.69 Å². The van der Waals surface area contributed by atoms with E-state index in [0.29, 0.717) is 15.9 Å². The molecule has 0 unspecified atom stereocenters. The molecule has 0 aliphatic rings. The van der Waals surface area contributed by atoms with Crippen molar-refractivity contribution >= 4 is 28.7 Å². The number of nitrogens with zero attached hydrogens (tertiary/aromatic N) is 1. The van der Waals surface area contributed by atoms with Crippen molar-refractivity contribution in [2.75, 3.05) is 0 Å². The fourth-order valence-corrected chi connectivity index (χ4v) is 5.15. The molecule has 0 heterocycles. The highest BCUT2D eigenvalue weighted by atomic mass is 31.2. The van der Waals surface area contributed by atoms with Crippen LogP contribution in [0, 0.1) is 10.1 Å². The van der Waals surface area contributed by atoms with Gasteiger partial charge in [0.1, 0.15) is 0 Å². The highest BCUT2D eigenvalue weighted by Crippen LogP contribution is 2.42. The standard InChI is InChI=1S/C18H14NO3P/c20-19(21)15-11-13-18(14-12-15)23(22,16-7-3-1-4-8-16)17-9-5-2-6-10-17/h1-14H. The largest absolute Gasteiger partial charge is 0.309 e. The Balaban J connectivity index is 2.21. The average Bonchev–Trinajstić information content (AvgIpc) is 2.62. The second kappa shape index (κ2) is 6.19. The number of hydrogen-bond acceptors (Lipinski definition) is 3. The summed E-state index contributed by atoms with van der Waals surface area (Å²) in [5.41, 5.74) is -0.0126. The van der Waals surface area contributed by atoms with Crippen LogP contribution in [0.2, 0.25) is 0 Å². The van der Waals surface area contributed by atoms with E-state index in [9.17, 15) is 14.7 Å². The Morgan fingerprint density at radius 2 is 1.04 bits per heavy atom. The van der Waals surface area contributed by atoms with Crippen molar-refractivity contribution in [1.29, 1.82) is 0 Å². The van der Waals surface area contributed by atoms with Crippen molar-refractivity contribution in [3.8, 4) is 0 Å². The van der Waals surface area contributed by atoms with E-state index in [4.69, 9.17) is 0 Å². The highest BCUT2D eigenvalue weighted by Gasteiger charge is 2.29. The van der Waals surface area contributed by atoms with Gasteiger partial charge >= 0.3 is 0 Å². The van der Waals surface area contributed by atoms with E-state index < -0.39 is 12.1 Å². The normalized spacial score (nSPS) is 11.1. The summed E-state index contributed by atoms with van der Waals surface area (Å²) in [6.45, 7) is 0. The van der Waals surface area contributed by atoms with E-state index >= 15 is 0 Å². The molecule has 0 amide bonds. The lowest BCUT2D eigenvalue weighted by Gasteiger charge is -2.19. The number of nitro groups is 1. The predicted octanol–water partition coefficient (Wildman–Crippen LogP) is 3.23. The number of non-ortho nitro benzene ring substituents is 1. The average molecular weight is 323 g/mol. The molecule has 0 saturated carbocycles. The van der Waals surface area contributed by atoms with Gasteiger partial charge in [-0.3, -0.25) is 10.1 Å². The van der Waals surface area contributed by atoms with Crippen LogP contribution in [0.4, 0.5) is 5.69 Å². The lowest BCUT2D eigenvalue weighted by Crippen LogP contribution is -2.24. The third-order valence-corrected chi connectivity index (χ3v) is 6.74. The minimum atomic E-state index is -3.05. The molecule has 3 aromatic rings. The molecule has 0 aromatic heterocycles. The monoisotopic (exact) mass is 323 g/mol. The Bertz CT molecular complexity index is 818. The quantitative estimate of drug-likeness (QED) is 0.421. The highest BCUT2D eigenvalue weighted by molar-refractivity contribution is 7.85. The van der Waals surface area contributed by atoms with Gasteiger partial charge in [-0.25, -0.2) is 0 Å². The van der Waals surface area contributed by atoms with E-state index in [0.717, 1.165) is 0 Å². The van der Waals surface area contributed by atoms with Gasteiger partial charge in [-0.15, -0.1) is 0 Å². The molecule has 114 valence electrons. The first-order valence-corrected chi connectivity index (χ1v) is 8.79. The van der Waals surface area contributed by atoms with Crippen LogP contribution in [-0.4, -0.2) is 4.92 Å². The number of benzene rings is 3. The summed E-state index contributed by atoms with van der Waals surface area (Å²) < 4.78 is 13.9. The maximum absolute atomic E-state index is 13.9. The first kappa shape index (κ1) is 15.2. The molecule has 0 aliphatic heterocycles. The van der Waals surface area contributed by atoms with Crippen LogP contribution in [0.25, 0.3) is 0 Å². The summed E-state index contributed by atoms with van der Waals surface area (Å²) in [6.07, 6.45) is 0. The number of rotatable bonds is 4. The van der Waals surface area contributed by atoms with Gasteiger partial charge < -0.3 is 4.57 Å². The molecule has 23 heavy (non-hydrogen) atoms. The zero-order valence-corrected chi connectivity index (χ0v) is 13.1. The van der Waals surface area contributed by atoms with Crippen LogP contribution in [-0.2, 0) is 4.57 Å². The molecule has 3 aromatic carbocycles. The molecule has 0 aliphatic carbocycles. The summed E-state index contributed by atoms with van der Waals surface area (Å²) in [6, 6.07) is 24.4. The fraction of sp³-hybridized carbons (Fsp3) is 0. The minimum Gasteiger partial charge on any atom is -0.309 e. The van der Waals surface area contributed by atoms with Crippen LogP contribution in [0.1, 0.15) is 0 Å². The molecule has 0 fully saturated rings. The molecule has 0 spiro atoms. The van der Waals surface area contributed by atoms with E-state index in [1.54, 1.807) is 12.1 Å². The van der Waals surface area contributed by atoms with E-state index in [2.05, 4.69) is 0 Å². The Labute approximate surface area is 133 Å².